The molecule has 0 radical (unpaired) electrons. The van der Waals surface area contributed by atoms with Gasteiger partial charge in [0.05, 0.1) is 18.2 Å². The van der Waals surface area contributed by atoms with Crippen molar-refractivity contribution in [3.63, 3.8) is 0 Å². The van der Waals surface area contributed by atoms with Crippen LogP contribution in [0.5, 0.6) is 0 Å². The fourth-order valence-electron chi connectivity index (χ4n) is 3.28. The van der Waals surface area contributed by atoms with Crippen LogP contribution in [0.25, 0.3) is 11.3 Å². The van der Waals surface area contributed by atoms with Crippen LogP contribution in [0.1, 0.15) is 17.4 Å². The van der Waals surface area contributed by atoms with Crippen LogP contribution in [0.15, 0.2) is 59.3 Å². The number of aromatic nitrogens is 1. The molecule has 0 saturated carbocycles. The fourth-order valence-corrected chi connectivity index (χ4v) is 3.50. The van der Waals surface area contributed by atoms with E-state index in [2.05, 4.69) is 22.1 Å². The van der Waals surface area contributed by atoms with Gasteiger partial charge in [-0.2, -0.15) is 0 Å². The molecular formula is C21H20ClN3O3. The van der Waals surface area contributed by atoms with Gasteiger partial charge in [0.2, 0.25) is 0 Å². The van der Waals surface area contributed by atoms with Crippen LogP contribution in [0.3, 0.4) is 0 Å². The van der Waals surface area contributed by atoms with Crippen LogP contribution in [0, 0.1) is 0 Å². The molecule has 0 bridgehead atoms. The minimum absolute atomic E-state index is 0.193. The van der Waals surface area contributed by atoms with Crippen molar-refractivity contribution in [3.8, 4) is 11.3 Å². The van der Waals surface area contributed by atoms with E-state index >= 15 is 0 Å². The summed E-state index contributed by atoms with van der Waals surface area (Å²) in [5, 5.41) is 3.37. The highest BCUT2D eigenvalue weighted by atomic mass is 35.5. The Balaban J connectivity index is 1.51. The lowest BCUT2D eigenvalue weighted by Gasteiger charge is -2.35. The van der Waals surface area contributed by atoms with Crippen LogP contribution in [0.4, 0.5) is 11.4 Å². The number of anilines is 2. The van der Waals surface area contributed by atoms with Crippen molar-refractivity contribution in [2.24, 2.45) is 0 Å². The van der Waals surface area contributed by atoms with Gasteiger partial charge in [0.15, 0.2) is 17.8 Å². The molecule has 6 nitrogen and oxygen atoms in total. The molecule has 1 aliphatic heterocycles. The number of ether oxygens (including phenoxy) is 1. The summed E-state index contributed by atoms with van der Waals surface area (Å²) in [6.07, 6.45) is 1.25. The Morgan fingerprint density at radius 2 is 2.00 bits per heavy atom. The second-order valence-corrected chi connectivity index (χ2v) is 7.04. The maximum atomic E-state index is 12.7. The van der Waals surface area contributed by atoms with Crippen molar-refractivity contribution >= 4 is 28.9 Å². The summed E-state index contributed by atoms with van der Waals surface area (Å²) in [5.74, 6) is -0.00183. The van der Waals surface area contributed by atoms with Crippen molar-refractivity contribution < 1.29 is 13.9 Å². The smallest absolute Gasteiger partial charge is 0.278 e. The van der Waals surface area contributed by atoms with Crippen LogP contribution < -0.4 is 10.2 Å². The topological polar surface area (TPSA) is 67.6 Å². The van der Waals surface area contributed by atoms with Crippen molar-refractivity contribution in [2.45, 2.75) is 13.0 Å². The van der Waals surface area contributed by atoms with Crippen molar-refractivity contribution in [1.82, 2.24) is 4.98 Å². The van der Waals surface area contributed by atoms with Gasteiger partial charge in [0.1, 0.15) is 0 Å². The van der Waals surface area contributed by atoms with Crippen molar-refractivity contribution in [3.05, 3.63) is 65.6 Å². The van der Waals surface area contributed by atoms with Crippen molar-refractivity contribution in [2.75, 3.05) is 30.0 Å². The van der Waals surface area contributed by atoms with Gasteiger partial charge in [-0.05, 0) is 43.3 Å². The molecule has 1 unspecified atom stereocenters. The predicted molar refractivity (Wildman–Crippen MR) is 109 cm³/mol. The number of rotatable bonds is 4. The summed E-state index contributed by atoms with van der Waals surface area (Å²) >= 11 is 6.22. The summed E-state index contributed by atoms with van der Waals surface area (Å²) in [5.41, 5.74) is 2.61. The maximum absolute atomic E-state index is 12.7. The normalized spacial score (nSPS) is 16.8. The third kappa shape index (κ3) is 3.74. The number of hydrogen-bond acceptors (Lipinski definition) is 5. The highest BCUT2D eigenvalue weighted by Gasteiger charge is 2.21. The molecule has 0 aliphatic carbocycles. The number of amides is 1. The number of hydrogen-bond donors (Lipinski definition) is 1. The first kappa shape index (κ1) is 18.5. The quantitative estimate of drug-likeness (QED) is 0.703. The molecule has 4 rings (SSSR count). The van der Waals surface area contributed by atoms with E-state index in [0.29, 0.717) is 28.1 Å². The van der Waals surface area contributed by atoms with Crippen molar-refractivity contribution in [1.29, 1.82) is 0 Å². The Morgan fingerprint density at radius 3 is 2.75 bits per heavy atom. The van der Waals surface area contributed by atoms with E-state index in [1.54, 1.807) is 12.1 Å². The fraction of sp³-hybridized carbons (Fsp3) is 0.238. The molecule has 1 aromatic heterocycles. The molecular weight excluding hydrogens is 378 g/mol. The molecule has 1 saturated heterocycles. The summed E-state index contributed by atoms with van der Waals surface area (Å²) in [6.45, 7) is 4.43. The minimum atomic E-state index is -0.351. The second-order valence-electron chi connectivity index (χ2n) is 6.63. The number of nitrogens with one attached hydrogen (secondary N) is 1. The Hall–Kier alpha value is -2.83. The second kappa shape index (κ2) is 8.04. The van der Waals surface area contributed by atoms with Gasteiger partial charge in [0, 0.05) is 29.5 Å². The third-order valence-electron chi connectivity index (χ3n) is 4.73. The van der Waals surface area contributed by atoms with Gasteiger partial charge in [-0.1, -0.05) is 23.7 Å². The SMILES string of the molecule is CC1COCCN1c1ccc(NC(=O)c2ncoc2-c2ccccc2Cl)cc1. The van der Waals surface area contributed by atoms with E-state index < -0.39 is 0 Å². The average Bonchev–Trinajstić information content (AvgIpc) is 3.19. The number of benzene rings is 2. The van der Waals surface area contributed by atoms with Gasteiger partial charge in [-0.3, -0.25) is 4.79 Å². The highest BCUT2D eigenvalue weighted by molar-refractivity contribution is 6.33. The number of carbonyl (C=O) groups is 1. The third-order valence-corrected chi connectivity index (χ3v) is 5.06. The van der Waals surface area contributed by atoms with Crippen LogP contribution in [-0.4, -0.2) is 36.7 Å². The molecule has 7 heteroatoms. The molecule has 1 atom stereocenters. The lowest BCUT2D eigenvalue weighted by atomic mass is 10.1. The molecule has 1 N–H and O–H groups in total. The zero-order valence-electron chi connectivity index (χ0n) is 15.4. The van der Waals surface area contributed by atoms with Crippen LogP contribution in [-0.2, 0) is 4.74 Å². The molecule has 1 fully saturated rings. The molecule has 2 heterocycles. The lowest BCUT2D eigenvalue weighted by molar-refractivity contribution is 0.0989. The average molecular weight is 398 g/mol. The standard InChI is InChI=1S/C21H20ClN3O3/c1-14-12-27-11-10-25(14)16-8-6-15(7-9-16)24-21(26)19-20(28-13-23-19)17-4-2-3-5-18(17)22/h2-9,13-14H,10-12H2,1H3,(H,24,26). The Labute approximate surface area is 168 Å². The zero-order valence-corrected chi connectivity index (χ0v) is 16.1. The number of halogens is 1. The van der Waals surface area contributed by atoms with E-state index in [4.69, 9.17) is 20.8 Å². The Morgan fingerprint density at radius 1 is 1.21 bits per heavy atom. The number of carbonyl (C=O) groups excluding carboxylic acids is 1. The Bertz CT molecular complexity index is 971. The van der Waals surface area contributed by atoms with Gasteiger partial charge in [-0.25, -0.2) is 4.98 Å². The largest absolute Gasteiger partial charge is 0.443 e. The van der Waals surface area contributed by atoms with E-state index in [1.807, 2.05) is 36.4 Å². The summed E-state index contributed by atoms with van der Waals surface area (Å²) < 4.78 is 10.9. The molecule has 2 aromatic carbocycles. The van der Waals surface area contributed by atoms with Gasteiger partial charge >= 0.3 is 0 Å². The van der Waals surface area contributed by atoms with E-state index in [0.717, 1.165) is 25.4 Å². The lowest BCUT2D eigenvalue weighted by Crippen LogP contribution is -2.43. The molecule has 1 aliphatic rings. The number of oxazole rings is 1. The summed E-state index contributed by atoms with van der Waals surface area (Å²) in [6, 6.07) is 15.3. The van der Waals surface area contributed by atoms with Crippen LogP contribution >= 0.6 is 11.6 Å². The minimum Gasteiger partial charge on any atom is -0.443 e. The number of nitrogens with zero attached hydrogens (tertiary/aromatic N) is 2. The molecule has 3 aromatic rings. The first-order valence-electron chi connectivity index (χ1n) is 9.07. The first-order chi connectivity index (χ1) is 13.6. The Kier molecular flexibility index (Phi) is 5.32. The molecule has 0 spiro atoms. The zero-order chi connectivity index (χ0) is 19.5. The number of morpholine rings is 1. The van der Waals surface area contributed by atoms with Gasteiger partial charge in [-0.15, -0.1) is 0 Å². The van der Waals surface area contributed by atoms with E-state index in [9.17, 15) is 4.79 Å². The van der Waals surface area contributed by atoms with Crippen LogP contribution in [0.2, 0.25) is 5.02 Å². The first-order valence-corrected chi connectivity index (χ1v) is 9.45. The van der Waals surface area contributed by atoms with E-state index in [-0.39, 0.29) is 11.6 Å². The monoisotopic (exact) mass is 397 g/mol. The molecule has 1 amide bonds. The maximum Gasteiger partial charge on any atom is 0.278 e. The van der Waals surface area contributed by atoms with E-state index in [1.165, 1.54) is 6.39 Å². The summed E-state index contributed by atoms with van der Waals surface area (Å²) in [7, 11) is 0. The molecule has 28 heavy (non-hydrogen) atoms. The van der Waals surface area contributed by atoms with Gasteiger partial charge in [0.25, 0.3) is 5.91 Å². The molecule has 144 valence electrons. The predicted octanol–water partition coefficient (Wildman–Crippen LogP) is 4.47. The summed E-state index contributed by atoms with van der Waals surface area (Å²) in [4.78, 5) is 19.1. The van der Waals surface area contributed by atoms with Gasteiger partial charge < -0.3 is 19.4 Å². The highest BCUT2D eigenvalue weighted by Crippen LogP contribution is 2.30.